The first-order valence-electron chi connectivity index (χ1n) is 7.06. The summed E-state index contributed by atoms with van der Waals surface area (Å²) in [6.07, 6.45) is 2.85. The molecule has 2 aromatic carbocycles. The number of nitro groups is 1. The molecule has 0 radical (unpaired) electrons. The molecule has 0 unspecified atom stereocenters. The van der Waals surface area contributed by atoms with Gasteiger partial charge in [-0.25, -0.2) is 0 Å². The Bertz CT molecular complexity index is 839. The highest BCUT2D eigenvalue weighted by Gasteiger charge is 2.19. The van der Waals surface area contributed by atoms with E-state index in [1.807, 2.05) is 0 Å². The van der Waals surface area contributed by atoms with Crippen LogP contribution in [0, 0.1) is 10.1 Å². The summed E-state index contributed by atoms with van der Waals surface area (Å²) in [6.45, 7) is 3.58. The van der Waals surface area contributed by atoms with Gasteiger partial charge in [0.15, 0.2) is 5.78 Å². The van der Waals surface area contributed by atoms with Crippen LogP contribution in [0.1, 0.15) is 21.5 Å². The number of benzene rings is 2. The van der Waals surface area contributed by atoms with Crippen LogP contribution in [0.4, 0.5) is 5.69 Å². The summed E-state index contributed by atoms with van der Waals surface area (Å²) in [4.78, 5) is 22.5. The number of rotatable bonds is 6. The molecule has 24 heavy (non-hydrogen) atoms. The summed E-state index contributed by atoms with van der Waals surface area (Å²) in [5, 5.41) is 31.3. The molecule has 6 heteroatoms. The van der Waals surface area contributed by atoms with Crippen LogP contribution < -0.4 is 0 Å². The Morgan fingerprint density at radius 2 is 1.83 bits per heavy atom. The van der Waals surface area contributed by atoms with E-state index in [1.165, 1.54) is 30.3 Å². The Kier molecular flexibility index (Phi) is 5.11. The lowest BCUT2D eigenvalue weighted by Gasteiger charge is -2.08. The number of phenols is 1. The van der Waals surface area contributed by atoms with E-state index >= 15 is 0 Å². The number of ketones is 1. The minimum atomic E-state index is -0.728. The van der Waals surface area contributed by atoms with Gasteiger partial charge in [-0.1, -0.05) is 30.3 Å². The third-order valence-electron chi connectivity index (χ3n) is 3.39. The van der Waals surface area contributed by atoms with Crippen molar-refractivity contribution >= 4 is 17.2 Å². The first-order valence-corrected chi connectivity index (χ1v) is 7.06. The molecular formula is C18H15NO5. The molecule has 0 aromatic heterocycles. The predicted octanol–water partition coefficient (Wildman–Crippen LogP) is 3.81. The maximum atomic E-state index is 12.2. The Hall–Kier alpha value is -3.41. The van der Waals surface area contributed by atoms with Crippen LogP contribution in [0.3, 0.4) is 0 Å². The topological polar surface area (TPSA) is 101 Å². The van der Waals surface area contributed by atoms with Crippen molar-refractivity contribution in [3.63, 3.8) is 0 Å². The summed E-state index contributed by atoms with van der Waals surface area (Å²) in [5.41, 5.74) is 0.119. The molecule has 2 rings (SSSR count). The van der Waals surface area contributed by atoms with Crippen LogP contribution in [0.2, 0.25) is 0 Å². The zero-order valence-corrected chi connectivity index (χ0v) is 12.7. The van der Waals surface area contributed by atoms with Gasteiger partial charge in [-0.3, -0.25) is 14.9 Å². The number of carbonyl (C=O) groups is 1. The van der Waals surface area contributed by atoms with Gasteiger partial charge in [-0.2, -0.15) is 0 Å². The molecular weight excluding hydrogens is 310 g/mol. The molecule has 0 spiro atoms. The molecule has 2 N–H and O–H groups in total. The summed E-state index contributed by atoms with van der Waals surface area (Å²) < 4.78 is 0. The summed E-state index contributed by atoms with van der Waals surface area (Å²) in [7, 11) is 0. The number of nitrogens with zero attached hydrogens (tertiary/aromatic N) is 1. The van der Waals surface area contributed by atoms with Crippen LogP contribution in [0.25, 0.3) is 5.76 Å². The number of carbonyl (C=O) groups excluding carboxylic acids is 1. The van der Waals surface area contributed by atoms with E-state index in [1.54, 1.807) is 18.2 Å². The number of hydrogen-bond donors (Lipinski definition) is 2. The Morgan fingerprint density at radius 3 is 2.50 bits per heavy atom. The normalized spacial score (nSPS) is 11.1. The van der Waals surface area contributed by atoms with Crippen molar-refractivity contribution in [2.45, 2.75) is 6.42 Å². The summed E-state index contributed by atoms with van der Waals surface area (Å²) in [6, 6.07) is 10.2. The standard InChI is InChI=1S/C18H15NO5/c1-2-6-12-7-5-9-14(18(12)22)17(21)11-16(20)13-8-3-4-10-15(13)19(23)24/h2-5,7-11,21-22H,1,6H2/b17-11-. The van der Waals surface area contributed by atoms with Crippen LogP contribution in [0.5, 0.6) is 5.75 Å². The number of aliphatic hydroxyl groups is 1. The fraction of sp³-hybridized carbons (Fsp3) is 0.0556. The molecule has 0 saturated carbocycles. The fourth-order valence-corrected chi connectivity index (χ4v) is 2.24. The highest BCUT2D eigenvalue weighted by Crippen LogP contribution is 2.29. The lowest BCUT2D eigenvalue weighted by molar-refractivity contribution is -0.385. The molecule has 0 heterocycles. The van der Waals surface area contributed by atoms with Gasteiger partial charge in [0, 0.05) is 12.1 Å². The minimum Gasteiger partial charge on any atom is -0.507 e. The maximum Gasteiger partial charge on any atom is 0.280 e. The maximum absolute atomic E-state index is 12.2. The van der Waals surface area contributed by atoms with Crippen molar-refractivity contribution in [1.82, 2.24) is 0 Å². The molecule has 2 aromatic rings. The highest BCUT2D eigenvalue weighted by atomic mass is 16.6. The smallest absolute Gasteiger partial charge is 0.280 e. The van der Waals surface area contributed by atoms with Crippen LogP contribution in [-0.4, -0.2) is 20.9 Å². The van der Waals surface area contributed by atoms with Crippen molar-refractivity contribution in [3.8, 4) is 5.75 Å². The third-order valence-corrected chi connectivity index (χ3v) is 3.39. The second kappa shape index (κ2) is 7.23. The molecule has 0 aliphatic carbocycles. The predicted molar refractivity (Wildman–Crippen MR) is 90.0 cm³/mol. The number of allylic oxidation sites excluding steroid dienone is 2. The Morgan fingerprint density at radius 1 is 1.17 bits per heavy atom. The fourth-order valence-electron chi connectivity index (χ4n) is 2.24. The van der Waals surface area contributed by atoms with Crippen molar-refractivity contribution in [3.05, 3.63) is 88.0 Å². The highest BCUT2D eigenvalue weighted by molar-refractivity contribution is 6.10. The van der Waals surface area contributed by atoms with E-state index in [4.69, 9.17) is 0 Å². The van der Waals surface area contributed by atoms with E-state index in [-0.39, 0.29) is 22.6 Å². The second-order valence-electron chi connectivity index (χ2n) is 4.97. The third kappa shape index (κ3) is 3.49. The van der Waals surface area contributed by atoms with Gasteiger partial charge in [-0.05, 0) is 24.1 Å². The van der Waals surface area contributed by atoms with E-state index in [2.05, 4.69) is 6.58 Å². The first-order chi connectivity index (χ1) is 11.5. The molecule has 122 valence electrons. The van der Waals surface area contributed by atoms with Gasteiger partial charge >= 0.3 is 0 Å². The number of nitro benzene ring substituents is 1. The van der Waals surface area contributed by atoms with Gasteiger partial charge in [0.05, 0.1) is 16.1 Å². The second-order valence-corrected chi connectivity index (χ2v) is 4.97. The quantitative estimate of drug-likeness (QED) is 0.210. The molecule has 6 nitrogen and oxygen atoms in total. The van der Waals surface area contributed by atoms with Crippen LogP contribution >= 0.6 is 0 Å². The number of para-hydroxylation sites is 2. The Labute approximate surface area is 138 Å². The number of phenolic OH excluding ortho intramolecular Hbond substituents is 1. The molecule has 0 saturated heterocycles. The number of aromatic hydroxyl groups is 1. The van der Waals surface area contributed by atoms with Crippen LogP contribution in [-0.2, 0) is 6.42 Å². The average molecular weight is 325 g/mol. The van der Waals surface area contributed by atoms with Crippen molar-refractivity contribution in [1.29, 1.82) is 0 Å². The average Bonchev–Trinajstić information content (AvgIpc) is 2.56. The van der Waals surface area contributed by atoms with Crippen molar-refractivity contribution in [2.24, 2.45) is 0 Å². The molecule has 0 aliphatic rings. The van der Waals surface area contributed by atoms with E-state index in [9.17, 15) is 25.1 Å². The van der Waals surface area contributed by atoms with Gasteiger partial charge in [0.2, 0.25) is 0 Å². The summed E-state index contributed by atoms with van der Waals surface area (Å²) in [5.74, 6) is -1.36. The molecule has 0 amide bonds. The number of hydrogen-bond acceptors (Lipinski definition) is 5. The first kappa shape index (κ1) is 17.0. The van der Waals surface area contributed by atoms with E-state index < -0.39 is 16.5 Å². The van der Waals surface area contributed by atoms with E-state index in [0.717, 1.165) is 6.08 Å². The van der Waals surface area contributed by atoms with Gasteiger partial charge in [0.25, 0.3) is 5.69 Å². The van der Waals surface area contributed by atoms with Crippen molar-refractivity contribution < 1.29 is 19.9 Å². The molecule has 0 fully saturated rings. The Balaban J connectivity index is 2.42. The van der Waals surface area contributed by atoms with Crippen LogP contribution in [0.15, 0.2) is 61.2 Å². The zero-order chi connectivity index (χ0) is 17.7. The molecule has 0 aliphatic heterocycles. The van der Waals surface area contributed by atoms with Gasteiger partial charge < -0.3 is 10.2 Å². The van der Waals surface area contributed by atoms with Gasteiger partial charge in [-0.15, -0.1) is 6.58 Å². The van der Waals surface area contributed by atoms with Crippen molar-refractivity contribution in [2.75, 3.05) is 0 Å². The lowest BCUT2D eigenvalue weighted by atomic mass is 10.0. The van der Waals surface area contributed by atoms with Gasteiger partial charge in [0.1, 0.15) is 11.5 Å². The zero-order valence-electron chi connectivity index (χ0n) is 12.7. The monoisotopic (exact) mass is 325 g/mol. The van der Waals surface area contributed by atoms with E-state index in [0.29, 0.717) is 12.0 Å². The minimum absolute atomic E-state index is 0.0706. The number of aliphatic hydroxyl groups excluding tert-OH is 1. The largest absolute Gasteiger partial charge is 0.507 e. The lowest BCUT2D eigenvalue weighted by Crippen LogP contribution is -2.02. The summed E-state index contributed by atoms with van der Waals surface area (Å²) >= 11 is 0. The SMILES string of the molecule is C=CCc1cccc(/C(O)=C/C(=O)c2ccccc2[N+](=O)[O-])c1O. The molecule has 0 atom stereocenters. The molecule has 0 bridgehead atoms.